The first-order chi connectivity index (χ1) is 8.20. The van der Waals surface area contributed by atoms with Gasteiger partial charge in [-0.05, 0) is 37.7 Å². The molecule has 2 rings (SSSR count). The van der Waals surface area contributed by atoms with Crippen molar-refractivity contribution in [3.63, 3.8) is 0 Å². The summed E-state index contributed by atoms with van der Waals surface area (Å²) >= 11 is 5.99. The molecule has 3 nitrogen and oxygen atoms in total. The Bertz CT molecular complexity index is 508. The molecular weight excluding hydrogens is 236 g/mol. The number of benzene rings is 1. The Hall–Kier alpha value is -1.32. The molecule has 2 aromatic rings. The predicted molar refractivity (Wildman–Crippen MR) is 69.3 cm³/mol. The Morgan fingerprint density at radius 1 is 1.41 bits per heavy atom. The second-order valence-corrected chi connectivity index (χ2v) is 4.34. The first-order valence-electron chi connectivity index (χ1n) is 5.56. The van der Waals surface area contributed by atoms with Crippen molar-refractivity contribution < 1.29 is 4.42 Å². The number of nitrogens with zero attached hydrogens (tertiary/aromatic N) is 1. The minimum absolute atomic E-state index is 0.752. The van der Waals surface area contributed by atoms with E-state index in [1.165, 1.54) is 0 Å². The number of aromatic nitrogens is 1. The Morgan fingerprint density at radius 2 is 2.24 bits per heavy atom. The minimum Gasteiger partial charge on any atom is -0.441 e. The Morgan fingerprint density at radius 3 is 2.94 bits per heavy atom. The van der Waals surface area contributed by atoms with Crippen LogP contribution < -0.4 is 5.32 Å². The molecule has 0 radical (unpaired) electrons. The molecule has 0 bridgehead atoms. The first kappa shape index (κ1) is 12.1. The summed E-state index contributed by atoms with van der Waals surface area (Å²) < 4.78 is 5.67. The van der Waals surface area contributed by atoms with Gasteiger partial charge in [-0.25, -0.2) is 4.98 Å². The molecular formula is C13H15ClN2O. The zero-order valence-electron chi connectivity index (χ0n) is 9.96. The third-order valence-electron chi connectivity index (χ3n) is 2.58. The molecule has 1 aromatic heterocycles. The van der Waals surface area contributed by atoms with E-state index in [1.807, 2.05) is 32.2 Å². The van der Waals surface area contributed by atoms with E-state index in [2.05, 4.69) is 10.3 Å². The van der Waals surface area contributed by atoms with E-state index in [9.17, 15) is 0 Å². The number of rotatable bonds is 4. The Labute approximate surface area is 106 Å². The maximum absolute atomic E-state index is 5.99. The number of oxazole rings is 1. The molecule has 0 saturated carbocycles. The maximum Gasteiger partial charge on any atom is 0.196 e. The summed E-state index contributed by atoms with van der Waals surface area (Å²) in [5.74, 6) is 1.54. The fourth-order valence-corrected chi connectivity index (χ4v) is 1.71. The van der Waals surface area contributed by atoms with Gasteiger partial charge in [-0.1, -0.05) is 11.6 Å². The topological polar surface area (TPSA) is 38.1 Å². The van der Waals surface area contributed by atoms with Crippen LogP contribution in [0.1, 0.15) is 11.5 Å². The summed E-state index contributed by atoms with van der Waals surface area (Å²) in [7, 11) is 1.91. The lowest BCUT2D eigenvalue weighted by molar-refractivity contribution is 0.500. The third kappa shape index (κ3) is 2.87. The number of hydrogen-bond donors (Lipinski definition) is 1. The van der Waals surface area contributed by atoms with Crippen molar-refractivity contribution in [2.75, 3.05) is 13.6 Å². The molecule has 0 atom stereocenters. The molecule has 0 unspecified atom stereocenters. The van der Waals surface area contributed by atoms with Crippen molar-refractivity contribution >= 4 is 11.6 Å². The van der Waals surface area contributed by atoms with Gasteiger partial charge in [-0.2, -0.15) is 0 Å². The van der Waals surface area contributed by atoms with Crippen LogP contribution in [0.5, 0.6) is 0 Å². The highest BCUT2D eigenvalue weighted by Crippen LogP contribution is 2.25. The van der Waals surface area contributed by atoms with E-state index >= 15 is 0 Å². The molecule has 0 saturated heterocycles. The average Bonchev–Trinajstić information content (AvgIpc) is 2.79. The first-order valence-corrected chi connectivity index (χ1v) is 5.94. The number of halogens is 1. The van der Waals surface area contributed by atoms with Gasteiger partial charge in [0.2, 0.25) is 0 Å². The van der Waals surface area contributed by atoms with E-state index < -0.39 is 0 Å². The van der Waals surface area contributed by atoms with Gasteiger partial charge < -0.3 is 9.73 Å². The van der Waals surface area contributed by atoms with Crippen molar-refractivity contribution in [2.45, 2.75) is 13.3 Å². The largest absolute Gasteiger partial charge is 0.441 e. The molecule has 17 heavy (non-hydrogen) atoms. The highest BCUT2D eigenvalue weighted by Gasteiger charge is 2.07. The van der Waals surface area contributed by atoms with Crippen LogP contribution in [-0.2, 0) is 6.42 Å². The summed E-state index contributed by atoms with van der Waals surface area (Å²) in [6.45, 7) is 2.84. The molecule has 0 aliphatic heterocycles. The van der Waals surface area contributed by atoms with E-state index in [0.717, 1.165) is 40.8 Å². The standard InChI is InChI=1S/C13H15ClN2O/c1-9-7-10(3-4-11(9)14)12-8-16-13(17-12)5-6-15-2/h3-4,7-8,15H,5-6H2,1-2H3. The molecule has 0 amide bonds. The van der Waals surface area contributed by atoms with E-state index in [1.54, 1.807) is 6.20 Å². The molecule has 0 aliphatic rings. The molecule has 1 heterocycles. The van der Waals surface area contributed by atoms with Crippen molar-refractivity contribution in [3.05, 3.63) is 40.9 Å². The van der Waals surface area contributed by atoms with Gasteiger partial charge in [0.15, 0.2) is 11.7 Å². The molecule has 1 N–H and O–H groups in total. The summed E-state index contributed by atoms with van der Waals surface area (Å²) in [5, 5.41) is 3.83. The van der Waals surface area contributed by atoms with Gasteiger partial charge >= 0.3 is 0 Å². The summed E-state index contributed by atoms with van der Waals surface area (Å²) in [5.41, 5.74) is 2.05. The Kier molecular flexibility index (Phi) is 3.82. The second-order valence-electron chi connectivity index (χ2n) is 3.94. The summed E-state index contributed by atoms with van der Waals surface area (Å²) in [6, 6.07) is 5.82. The lowest BCUT2D eigenvalue weighted by Gasteiger charge is -2.00. The SMILES string of the molecule is CNCCc1ncc(-c2ccc(Cl)c(C)c2)o1. The number of hydrogen-bond acceptors (Lipinski definition) is 3. The van der Waals surface area contributed by atoms with E-state index in [-0.39, 0.29) is 0 Å². The molecule has 4 heteroatoms. The fraction of sp³-hybridized carbons (Fsp3) is 0.308. The smallest absolute Gasteiger partial charge is 0.196 e. The molecule has 0 fully saturated rings. The zero-order valence-corrected chi connectivity index (χ0v) is 10.7. The van der Waals surface area contributed by atoms with Gasteiger partial charge in [0.1, 0.15) is 0 Å². The third-order valence-corrected chi connectivity index (χ3v) is 3.01. The van der Waals surface area contributed by atoms with Crippen LogP contribution in [0.2, 0.25) is 5.02 Å². The normalized spacial score (nSPS) is 10.8. The van der Waals surface area contributed by atoms with Crippen molar-refractivity contribution in [2.24, 2.45) is 0 Å². The molecule has 1 aromatic carbocycles. The van der Waals surface area contributed by atoms with Crippen molar-refractivity contribution in [1.29, 1.82) is 0 Å². The number of likely N-dealkylation sites (N-methyl/N-ethyl adjacent to an activating group) is 1. The monoisotopic (exact) mass is 250 g/mol. The van der Waals surface area contributed by atoms with Gasteiger partial charge in [-0.3, -0.25) is 0 Å². The van der Waals surface area contributed by atoms with Gasteiger partial charge in [-0.15, -0.1) is 0 Å². The van der Waals surface area contributed by atoms with Crippen LogP contribution in [0.25, 0.3) is 11.3 Å². The minimum atomic E-state index is 0.752. The van der Waals surface area contributed by atoms with E-state index in [0.29, 0.717) is 0 Å². The number of aryl methyl sites for hydroxylation is 1. The molecule has 0 aliphatic carbocycles. The maximum atomic E-state index is 5.99. The second kappa shape index (κ2) is 5.34. The van der Waals surface area contributed by atoms with Gasteiger partial charge in [0.05, 0.1) is 6.20 Å². The Balaban J connectivity index is 2.21. The van der Waals surface area contributed by atoms with Crippen LogP contribution in [0.15, 0.2) is 28.8 Å². The van der Waals surface area contributed by atoms with Gasteiger partial charge in [0, 0.05) is 23.6 Å². The van der Waals surface area contributed by atoms with Crippen LogP contribution in [0, 0.1) is 6.92 Å². The zero-order chi connectivity index (χ0) is 12.3. The quantitative estimate of drug-likeness (QED) is 0.906. The van der Waals surface area contributed by atoms with Crippen LogP contribution in [-0.4, -0.2) is 18.6 Å². The molecule has 0 spiro atoms. The van der Waals surface area contributed by atoms with Crippen molar-refractivity contribution in [3.8, 4) is 11.3 Å². The fourth-order valence-electron chi connectivity index (χ4n) is 1.59. The van der Waals surface area contributed by atoms with Crippen LogP contribution >= 0.6 is 11.6 Å². The number of nitrogens with one attached hydrogen (secondary N) is 1. The van der Waals surface area contributed by atoms with E-state index in [4.69, 9.17) is 16.0 Å². The predicted octanol–water partition coefficient (Wildman–Crippen LogP) is 3.07. The lowest BCUT2D eigenvalue weighted by atomic mass is 10.1. The summed E-state index contributed by atoms with van der Waals surface area (Å²) in [4.78, 5) is 4.24. The van der Waals surface area contributed by atoms with Crippen LogP contribution in [0.4, 0.5) is 0 Å². The van der Waals surface area contributed by atoms with Crippen molar-refractivity contribution in [1.82, 2.24) is 10.3 Å². The average molecular weight is 251 g/mol. The summed E-state index contributed by atoms with van der Waals surface area (Å²) in [6.07, 6.45) is 2.55. The highest BCUT2D eigenvalue weighted by atomic mass is 35.5. The van der Waals surface area contributed by atoms with Crippen LogP contribution in [0.3, 0.4) is 0 Å². The molecule has 90 valence electrons. The van der Waals surface area contributed by atoms with Gasteiger partial charge in [0.25, 0.3) is 0 Å². The highest BCUT2D eigenvalue weighted by molar-refractivity contribution is 6.31. The lowest BCUT2D eigenvalue weighted by Crippen LogP contribution is -2.10.